The third kappa shape index (κ3) is 4.65. The summed E-state index contributed by atoms with van der Waals surface area (Å²) >= 11 is 0. The molecule has 6 heteroatoms. The molecule has 0 spiro atoms. The molecular weight excluding hydrogens is 489 g/mol. The topological polar surface area (TPSA) is 61.4 Å². The molecule has 8 rings (SSSR count). The van der Waals surface area contributed by atoms with Crippen LogP contribution < -0.4 is 10.6 Å². The molecule has 2 atom stereocenters. The second-order valence-corrected chi connectivity index (χ2v) is 12.4. The summed E-state index contributed by atoms with van der Waals surface area (Å²) in [6.07, 6.45) is 6.23. The number of fused-ring (bicyclic) bond motifs is 1. The van der Waals surface area contributed by atoms with E-state index in [0.29, 0.717) is 30.5 Å². The number of carbonyl (C=O) groups excluding carboxylic acids is 2. The minimum atomic E-state index is -0.255. The zero-order valence-electron chi connectivity index (χ0n) is 22.1. The highest BCUT2D eigenvalue weighted by molar-refractivity contribution is 5.95. The smallest absolute Gasteiger partial charge is 0.251 e. The van der Waals surface area contributed by atoms with Crippen molar-refractivity contribution in [3.63, 3.8) is 0 Å². The number of hydrogen-bond donors (Lipinski definition) is 2. The van der Waals surface area contributed by atoms with Gasteiger partial charge in [0, 0.05) is 29.7 Å². The molecule has 4 saturated carbocycles. The molecule has 4 bridgehead atoms. The van der Waals surface area contributed by atoms with Crippen molar-refractivity contribution >= 4 is 11.8 Å². The summed E-state index contributed by atoms with van der Waals surface area (Å²) in [6, 6.07) is 22.9. The van der Waals surface area contributed by atoms with Crippen LogP contribution in [0, 0.1) is 17.7 Å². The molecule has 3 aromatic rings. The van der Waals surface area contributed by atoms with Crippen molar-refractivity contribution in [2.45, 2.75) is 62.7 Å². The standard InChI is InChI=1S/C33H34FN3O2/c34-29-11-10-27-19-37(20-28(27)13-29)30(38)18-35-32-14-22-12-23(15-32)17-33(16-22,21-32)36-31(39)26-8-6-25(7-9-26)24-4-2-1-3-5-24/h1-11,13,22-23,35H,12,14-21H2,(H,36,39). The summed E-state index contributed by atoms with van der Waals surface area (Å²) in [6.45, 7) is 1.28. The van der Waals surface area contributed by atoms with Crippen LogP contribution in [0.2, 0.25) is 0 Å². The average molecular weight is 524 g/mol. The Balaban J connectivity index is 1.02. The molecule has 1 aliphatic heterocycles. The van der Waals surface area contributed by atoms with E-state index in [1.54, 1.807) is 6.07 Å². The molecule has 0 saturated heterocycles. The molecule has 2 amide bonds. The number of nitrogens with one attached hydrogen (secondary N) is 2. The first kappa shape index (κ1) is 24.5. The van der Waals surface area contributed by atoms with E-state index in [2.05, 4.69) is 22.8 Å². The number of halogens is 1. The van der Waals surface area contributed by atoms with Gasteiger partial charge in [0.05, 0.1) is 6.54 Å². The van der Waals surface area contributed by atoms with Crippen molar-refractivity contribution < 1.29 is 14.0 Å². The maximum atomic E-state index is 13.6. The highest BCUT2D eigenvalue weighted by Gasteiger charge is 2.58. The summed E-state index contributed by atoms with van der Waals surface area (Å²) in [7, 11) is 0. The van der Waals surface area contributed by atoms with Crippen LogP contribution in [0.25, 0.3) is 11.1 Å². The SMILES string of the molecule is O=C(NC12CC3CC(CC(NCC(=O)N4Cc5ccc(F)cc5C4)(C3)C1)C2)c1ccc(-c2ccccc2)cc1. The van der Waals surface area contributed by atoms with Gasteiger partial charge in [-0.3, -0.25) is 9.59 Å². The van der Waals surface area contributed by atoms with E-state index in [0.717, 1.165) is 54.4 Å². The van der Waals surface area contributed by atoms with Gasteiger partial charge in [-0.05, 0) is 96.9 Å². The molecule has 2 unspecified atom stereocenters. The third-order valence-electron chi connectivity index (χ3n) is 9.55. The maximum Gasteiger partial charge on any atom is 0.251 e. The molecule has 2 N–H and O–H groups in total. The molecule has 5 nitrogen and oxygen atoms in total. The number of benzene rings is 3. The first-order valence-corrected chi connectivity index (χ1v) is 14.2. The highest BCUT2D eigenvalue weighted by Crippen LogP contribution is 2.57. The van der Waals surface area contributed by atoms with Crippen LogP contribution >= 0.6 is 0 Å². The first-order valence-electron chi connectivity index (χ1n) is 14.2. The summed E-state index contributed by atoms with van der Waals surface area (Å²) < 4.78 is 13.6. The molecule has 39 heavy (non-hydrogen) atoms. The van der Waals surface area contributed by atoms with Crippen molar-refractivity contribution in [1.29, 1.82) is 0 Å². The lowest BCUT2D eigenvalue weighted by molar-refractivity contribution is -0.132. The van der Waals surface area contributed by atoms with E-state index in [4.69, 9.17) is 0 Å². The lowest BCUT2D eigenvalue weighted by atomic mass is 9.50. The van der Waals surface area contributed by atoms with Crippen LogP contribution in [-0.4, -0.2) is 34.3 Å². The molecule has 0 aromatic heterocycles. The molecule has 0 radical (unpaired) electrons. The van der Waals surface area contributed by atoms with Crippen molar-refractivity contribution in [2.75, 3.05) is 6.54 Å². The van der Waals surface area contributed by atoms with Gasteiger partial charge in [-0.15, -0.1) is 0 Å². The Hall–Kier alpha value is -3.51. The predicted molar refractivity (Wildman–Crippen MR) is 148 cm³/mol. The zero-order valence-corrected chi connectivity index (χ0v) is 22.1. The molecule has 3 aromatic carbocycles. The fourth-order valence-electron chi connectivity index (χ4n) is 8.29. The van der Waals surface area contributed by atoms with Crippen molar-refractivity contribution in [3.8, 4) is 11.1 Å². The number of rotatable bonds is 6. The van der Waals surface area contributed by atoms with Crippen LogP contribution in [0.4, 0.5) is 4.39 Å². The molecular formula is C33H34FN3O2. The van der Waals surface area contributed by atoms with Crippen molar-refractivity contribution in [1.82, 2.24) is 15.5 Å². The van der Waals surface area contributed by atoms with Crippen molar-refractivity contribution in [3.05, 3.63) is 95.3 Å². The lowest BCUT2D eigenvalue weighted by Gasteiger charge is -2.62. The fraction of sp³-hybridized carbons (Fsp3) is 0.394. The zero-order chi connectivity index (χ0) is 26.6. The van der Waals surface area contributed by atoms with E-state index in [1.807, 2.05) is 47.4 Å². The monoisotopic (exact) mass is 523 g/mol. The van der Waals surface area contributed by atoms with E-state index >= 15 is 0 Å². The molecule has 1 heterocycles. The van der Waals surface area contributed by atoms with E-state index in [9.17, 15) is 14.0 Å². The second-order valence-electron chi connectivity index (χ2n) is 12.4. The van der Waals surface area contributed by atoms with Crippen LogP contribution in [-0.2, 0) is 17.9 Å². The molecule has 5 aliphatic rings. The quantitative estimate of drug-likeness (QED) is 0.452. The largest absolute Gasteiger partial charge is 0.347 e. The maximum absolute atomic E-state index is 13.6. The summed E-state index contributed by atoms with van der Waals surface area (Å²) in [5, 5.41) is 7.16. The van der Waals surface area contributed by atoms with Gasteiger partial charge in [0.2, 0.25) is 5.91 Å². The predicted octanol–water partition coefficient (Wildman–Crippen LogP) is 5.45. The molecule has 4 aliphatic carbocycles. The Kier molecular flexibility index (Phi) is 5.85. The van der Waals surface area contributed by atoms with Gasteiger partial charge in [0.15, 0.2) is 0 Å². The summed E-state index contributed by atoms with van der Waals surface area (Å²) in [5.41, 5.74) is 4.50. The van der Waals surface area contributed by atoms with Gasteiger partial charge in [-0.25, -0.2) is 4.39 Å². The van der Waals surface area contributed by atoms with Crippen LogP contribution in [0.5, 0.6) is 0 Å². The van der Waals surface area contributed by atoms with E-state index in [1.165, 1.54) is 18.6 Å². The van der Waals surface area contributed by atoms with Gasteiger partial charge in [0.1, 0.15) is 5.82 Å². The van der Waals surface area contributed by atoms with E-state index in [-0.39, 0.29) is 35.3 Å². The Bertz CT molecular complexity index is 1410. The van der Waals surface area contributed by atoms with Gasteiger partial charge < -0.3 is 15.5 Å². The Labute approximate surface area is 228 Å². The molecule has 4 fully saturated rings. The van der Waals surface area contributed by atoms with Crippen LogP contribution in [0.1, 0.15) is 60.0 Å². The minimum Gasteiger partial charge on any atom is -0.347 e. The third-order valence-corrected chi connectivity index (χ3v) is 9.55. The summed E-state index contributed by atoms with van der Waals surface area (Å²) in [5.74, 6) is 0.917. The average Bonchev–Trinajstić information content (AvgIpc) is 3.35. The van der Waals surface area contributed by atoms with Gasteiger partial charge in [-0.1, -0.05) is 48.5 Å². The number of hydrogen-bond acceptors (Lipinski definition) is 3. The Morgan fingerprint density at radius 3 is 2.23 bits per heavy atom. The summed E-state index contributed by atoms with van der Waals surface area (Å²) in [4.78, 5) is 28.4. The Morgan fingerprint density at radius 1 is 0.821 bits per heavy atom. The minimum absolute atomic E-state index is 0.00940. The fourth-order valence-corrected chi connectivity index (χ4v) is 8.29. The van der Waals surface area contributed by atoms with Gasteiger partial charge in [-0.2, -0.15) is 0 Å². The van der Waals surface area contributed by atoms with Gasteiger partial charge >= 0.3 is 0 Å². The lowest BCUT2D eigenvalue weighted by Crippen LogP contribution is -2.69. The normalized spacial score (nSPS) is 28.4. The van der Waals surface area contributed by atoms with Gasteiger partial charge in [0.25, 0.3) is 5.91 Å². The van der Waals surface area contributed by atoms with Crippen molar-refractivity contribution in [2.24, 2.45) is 11.8 Å². The first-order chi connectivity index (χ1) is 18.9. The number of amides is 2. The Morgan fingerprint density at radius 2 is 1.49 bits per heavy atom. The number of nitrogens with zero attached hydrogens (tertiary/aromatic N) is 1. The van der Waals surface area contributed by atoms with Crippen LogP contribution in [0.15, 0.2) is 72.8 Å². The number of carbonyl (C=O) groups is 2. The highest BCUT2D eigenvalue weighted by atomic mass is 19.1. The van der Waals surface area contributed by atoms with Crippen LogP contribution in [0.3, 0.4) is 0 Å². The second kappa shape index (κ2) is 9.30. The van der Waals surface area contributed by atoms with E-state index < -0.39 is 0 Å². The molecule has 200 valence electrons.